The minimum atomic E-state index is -0.193. The largest absolute Gasteiger partial charge is 0.493 e. The van der Waals surface area contributed by atoms with E-state index in [0.717, 1.165) is 11.1 Å². The Balaban J connectivity index is 1.51. The van der Waals surface area contributed by atoms with Gasteiger partial charge in [0.25, 0.3) is 0 Å². The van der Waals surface area contributed by atoms with Gasteiger partial charge in [-0.25, -0.2) is 9.97 Å². The lowest BCUT2D eigenvalue weighted by molar-refractivity contribution is -0.113. The number of nitrogens with one attached hydrogen (secondary N) is 1. The van der Waals surface area contributed by atoms with Gasteiger partial charge in [0, 0.05) is 18.3 Å². The number of anilines is 2. The van der Waals surface area contributed by atoms with E-state index in [1.54, 1.807) is 38.7 Å². The van der Waals surface area contributed by atoms with Gasteiger partial charge in [-0.2, -0.15) is 4.98 Å². The third-order valence-corrected chi connectivity index (χ3v) is 5.63. The number of ether oxygens (including phenoxy) is 2. The molecule has 0 saturated heterocycles. The normalized spacial score (nSPS) is 10.8. The second-order valence-electron chi connectivity index (χ2n) is 6.82. The summed E-state index contributed by atoms with van der Waals surface area (Å²) in [6, 6.07) is 15.2. The Labute approximate surface area is 189 Å². The first-order chi connectivity index (χ1) is 15.6. The highest BCUT2D eigenvalue weighted by Crippen LogP contribution is 2.30. The third-order valence-electron chi connectivity index (χ3n) is 4.66. The van der Waals surface area contributed by atoms with E-state index < -0.39 is 0 Å². The summed E-state index contributed by atoms with van der Waals surface area (Å²) in [7, 11) is 3.10. The molecule has 3 N–H and O–H groups in total. The summed E-state index contributed by atoms with van der Waals surface area (Å²) in [5.41, 5.74) is 8.83. The van der Waals surface area contributed by atoms with Crippen LogP contribution in [0.3, 0.4) is 0 Å². The summed E-state index contributed by atoms with van der Waals surface area (Å²) in [4.78, 5) is 25.5. The number of nitrogens with zero attached hydrogens (tertiary/aromatic N) is 4. The van der Waals surface area contributed by atoms with Gasteiger partial charge in [0.05, 0.1) is 26.3 Å². The highest BCUT2D eigenvalue weighted by molar-refractivity contribution is 8.00. The number of nitrogens with two attached hydrogens (primary N) is 1. The monoisotopic (exact) mass is 450 g/mol. The van der Waals surface area contributed by atoms with E-state index in [2.05, 4.69) is 20.3 Å². The number of fused-ring (bicyclic) bond motifs is 1. The lowest BCUT2D eigenvalue weighted by Crippen LogP contribution is -2.14. The number of imidazole rings is 1. The molecule has 9 nitrogen and oxygen atoms in total. The van der Waals surface area contributed by atoms with Crippen molar-refractivity contribution in [3.05, 3.63) is 60.4 Å². The summed E-state index contributed by atoms with van der Waals surface area (Å²) >= 11 is 1.28. The number of hydrogen-bond donors (Lipinski definition) is 2. The predicted octanol–water partition coefficient (Wildman–Crippen LogP) is 3.20. The van der Waals surface area contributed by atoms with Crippen molar-refractivity contribution >= 4 is 40.5 Å². The zero-order valence-electron chi connectivity index (χ0n) is 17.6. The summed E-state index contributed by atoms with van der Waals surface area (Å²) in [5, 5.41) is 3.46. The number of amides is 1. The van der Waals surface area contributed by atoms with Crippen LogP contribution in [0.2, 0.25) is 0 Å². The van der Waals surface area contributed by atoms with Crippen LogP contribution in [-0.4, -0.2) is 45.4 Å². The standard InChI is InChI=1S/C22H22N6O3S/c1-30-16-9-8-15(10-17(16)31-2)25-18(29)12-32-21-19-20(26-22(23)27-21)24-13-28(19)11-14-6-4-3-5-7-14/h3-10,13H,11-12H2,1-2H3,(H,25,29)(H2,23,26,27). The molecule has 2 aromatic carbocycles. The number of hydrogen-bond acceptors (Lipinski definition) is 8. The van der Waals surface area contributed by atoms with Crippen molar-refractivity contribution in [3.8, 4) is 11.5 Å². The molecule has 32 heavy (non-hydrogen) atoms. The maximum absolute atomic E-state index is 12.6. The lowest BCUT2D eigenvalue weighted by Gasteiger charge is -2.11. The van der Waals surface area contributed by atoms with E-state index >= 15 is 0 Å². The lowest BCUT2D eigenvalue weighted by atomic mass is 10.2. The van der Waals surface area contributed by atoms with Crippen LogP contribution in [0.25, 0.3) is 11.2 Å². The van der Waals surface area contributed by atoms with Crippen LogP contribution in [0.15, 0.2) is 59.9 Å². The van der Waals surface area contributed by atoms with Crippen molar-refractivity contribution in [3.63, 3.8) is 0 Å². The minimum absolute atomic E-state index is 0.116. The SMILES string of the molecule is COc1ccc(NC(=O)CSc2nc(N)nc3ncn(Cc4ccccc4)c23)cc1OC. The molecule has 0 bridgehead atoms. The molecule has 4 rings (SSSR count). The van der Waals surface area contributed by atoms with E-state index in [0.29, 0.717) is 34.4 Å². The maximum atomic E-state index is 12.6. The summed E-state index contributed by atoms with van der Waals surface area (Å²) in [6.45, 7) is 0.607. The number of benzene rings is 2. The molecule has 0 spiro atoms. The smallest absolute Gasteiger partial charge is 0.234 e. The van der Waals surface area contributed by atoms with Crippen LogP contribution in [0.5, 0.6) is 11.5 Å². The Morgan fingerprint density at radius 1 is 1.09 bits per heavy atom. The minimum Gasteiger partial charge on any atom is -0.493 e. The van der Waals surface area contributed by atoms with Gasteiger partial charge in [0.15, 0.2) is 17.1 Å². The van der Waals surface area contributed by atoms with Crippen LogP contribution >= 0.6 is 11.8 Å². The van der Waals surface area contributed by atoms with Crippen molar-refractivity contribution in [1.29, 1.82) is 0 Å². The first-order valence-corrected chi connectivity index (χ1v) is 10.7. The number of nitrogen functional groups attached to an aromatic ring is 1. The topological polar surface area (TPSA) is 117 Å². The molecule has 0 atom stereocenters. The van der Waals surface area contributed by atoms with E-state index in [1.807, 2.05) is 34.9 Å². The molecule has 0 fully saturated rings. The molecule has 0 saturated carbocycles. The number of rotatable bonds is 8. The van der Waals surface area contributed by atoms with Crippen molar-refractivity contribution in [2.45, 2.75) is 11.6 Å². The molecule has 0 aliphatic rings. The second kappa shape index (κ2) is 9.56. The van der Waals surface area contributed by atoms with Crippen LogP contribution in [0.1, 0.15) is 5.56 Å². The highest BCUT2D eigenvalue weighted by Gasteiger charge is 2.15. The molecule has 1 amide bonds. The molecule has 0 unspecified atom stereocenters. The molecule has 10 heteroatoms. The fourth-order valence-corrected chi connectivity index (χ4v) is 4.05. The van der Waals surface area contributed by atoms with E-state index in [9.17, 15) is 4.79 Å². The summed E-state index contributed by atoms with van der Waals surface area (Å²) in [5.74, 6) is 1.18. The Kier molecular flexibility index (Phi) is 6.41. The molecule has 164 valence electrons. The molecule has 0 radical (unpaired) electrons. The van der Waals surface area contributed by atoms with Gasteiger partial charge in [-0.05, 0) is 17.7 Å². The summed E-state index contributed by atoms with van der Waals surface area (Å²) in [6.07, 6.45) is 1.71. The zero-order valence-corrected chi connectivity index (χ0v) is 18.4. The fraction of sp³-hybridized carbons (Fsp3) is 0.182. The van der Waals surface area contributed by atoms with Crippen molar-refractivity contribution in [2.24, 2.45) is 0 Å². The Bertz CT molecular complexity index is 1250. The van der Waals surface area contributed by atoms with E-state index in [1.165, 1.54) is 11.8 Å². The van der Waals surface area contributed by atoms with Crippen LogP contribution < -0.4 is 20.5 Å². The van der Waals surface area contributed by atoms with Gasteiger partial charge in [-0.15, -0.1) is 0 Å². The Morgan fingerprint density at radius 2 is 1.88 bits per heavy atom. The van der Waals surface area contributed by atoms with Crippen LogP contribution in [-0.2, 0) is 11.3 Å². The van der Waals surface area contributed by atoms with Gasteiger partial charge in [0.2, 0.25) is 11.9 Å². The van der Waals surface area contributed by atoms with Crippen LogP contribution in [0.4, 0.5) is 11.6 Å². The molecule has 0 aliphatic heterocycles. The fourth-order valence-electron chi connectivity index (χ4n) is 3.21. The number of thioether (sulfide) groups is 1. The van der Waals surface area contributed by atoms with E-state index in [4.69, 9.17) is 15.2 Å². The van der Waals surface area contributed by atoms with Gasteiger partial charge in [-0.3, -0.25) is 4.79 Å². The first kappa shape index (κ1) is 21.4. The second-order valence-corrected chi connectivity index (χ2v) is 7.79. The van der Waals surface area contributed by atoms with Gasteiger partial charge >= 0.3 is 0 Å². The molecule has 2 aromatic heterocycles. The van der Waals surface area contributed by atoms with Gasteiger partial charge in [0.1, 0.15) is 10.5 Å². The summed E-state index contributed by atoms with van der Waals surface area (Å²) < 4.78 is 12.5. The molecular weight excluding hydrogens is 428 g/mol. The van der Waals surface area contributed by atoms with Crippen LogP contribution in [0, 0.1) is 0 Å². The van der Waals surface area contributed by atoms with Crippen molar-refractivity contribution in [2.75, 3.05) is 31.0 Å². The number of carbonyl (C=O) groups excluding carboxylic acids is 1. The van der Waals surface area contributed by atoms with Crippen molar-refractivity contribution < 1.29 is 14.3 Å². The highest BCUT2D eigenvalue weighted by atomic mass is 32.2. The Morgan fingerprint density at radius 3 is 2.62 bits per heavy atom. The number of carbonyl (C=O) groups is 1. The van der Waals surface area contributed by atoms with Crippen molar-refractivity contribution in [1.82, 2.24) is 19.5 Å². The Hall–Kier alpha value is -3.79. The third kappa shape index (κ3) is 4.75. The number of aromatic nitrogens is 4. The molecule has 2 heterocycles. The average Bonchev–Trinajstić information content (AvgIpc) is 3.20. The predicted molar refractivity (Wildman–Crippen MR) is 124 cm³/mol. The molecular formula is C22H22N6O3S. The molecule has 0 aliphatic carbocycles. The quantitative estimate of drug-likeness (QED) is 0.310. The van der Waals surface area contributed by atoms with E-state index in [-0.39, 0.29) is 17.6 Å². The van der Waals surface area contributed by atoms with Gasteiger partial charge in [-0.1, -0.05) is 42.1 Å². The zero-order chi connectivity index (χ0) is 22.5. The average molecular weight is 451 g/mol. The molecule has 4 aromatic rings. The maximum Gasteiger partial charge on any atom is 0.234 e. The number of methoxy groups -OCH3 is 2. The van der Waals surface area contributed by atoms with Gasteiger partial charge < -0.3 is 25.1 Å². The first-order valence-electron chi connectivity index (χ1n) is 9.74.